The van der Waals surface area contributed by atoms with Gasteiger partial charge < -0.3 is 15.5 Å². The summed E-state index contributed by atoms with van der Waals surface area (Å²) < 4.78 is 0. The van der Waals surface area contributed by atoms with Crippen LogP contribution in [0.3, 0.4) is 0 Å². The maximum Gasteiger partial charge on any atom is 0.288 e. The van der Waals surface area contributed by atoms with E-state index in [1.165, 1.54) is 0 Å². The van der Waals surface area contributed by atoms with E-state index in [2.05, 4.69) is 37.4 Å². The molecule has 0 saturated carbocycles. The number of rotatable bonds is 5. The molecule has 3 heterocycles. The summed E-state index contributed by atoms with van der Waals surface area (Å²) in [6, 6.07) is 2.38. The first-order valence-electron chi connectivity index (χ1n) is 9.08. The molecule has 1 saturated heterocycles. The van der Waals surface area contributed by atoms with E-state index in [0.29, 0.717) is 11.1 Å². The monoisotopic (exact) mass is 388 g/mol. The van der Waals surface area contributed by atoms with E-state index in [4.69, 9.17) is 11.6 Å². The first-order chi connectivity index (χ1) is 12.9. The largest absolute Gasteiger partial charge is 0.355 e. The van der Waals surface area contributed by atoms with Crippen molar-refractivity contribution in [3.8, 4) is 0 Å². The zero-order valence-corrected chi connectivity index (χ0v) is 16.8. The first-order valence-corrected chi connectivity index (χ1v) is 9.46. The van der Waals surface area contributed by atoms with Gasteiger partial charge in [0.05, 0.1) is 5.02 Å². The van der Waals surface area contributed by atoms with E-state index >= 15 is 0 Å². The third-order valence-corrected chi connectivity index (χ3v) is 5.35. The molecule has 3 rings (SSSR count). The molecule has 0 bridgehead atoms. The lowest BCUT2D eigenvalue weighted by molar-refractivity contribution is 0.0952. The van der Waals surface area contributed by atoms with Crippen molar-refractivity contribution < 1.29 is 4.79 Å². The van der Waals surface area contributed by atoms with Gasteiger partial charge in [0.1, 0.15) is 5.82 Å². The van der Waals surface area contributed by atoms with Crippen LogP contribution in [0.25, 0.3) is 0 Å². The van der Waals surface area contributed by atoms with Crippen LogP contribution in [0.4, 0.5) is 5.82 Å². The second-order valence-electron chi connectivity index (χ2n) is 6.88. The number of hydrogen-bond acceptors (Lipinski definition) is 6. The standard InChI is InChI=1S/C19H25ClN6O/c1-11-12(2)24-17(19(27)21-4)25-18(11)26-8-6-14(10-26)23-13(3)15-5-7-22-9-16(15)20/h5,7,9,13-14,23H,6,8,10H2,1-4H3,(H,21,27)/t13?,14-/m1/s1. The molecule has 1 aliphatic rings. The van der Waals surface area contributed by atoms with E-state index in [-0.39, 0.29) is 17.8 Å². The zero-order chi connectivity index (χ0) is 19.6. The van der Waals surface area contributed by atoms with Gasteiger partial charge in [-0.1, -0.05) is 11.6 Å². The summed E-state index contributed by atoms with van der Waals surface area (Å²) in [4.78, 5) is 27.0. The van der Waals surface area contributed by atoms with Crippen LogP contribution < -0.4 is 15.5 Å². The summed E-state index contributed by atoms with van der Waals surface area (Å²) in [5, 5.41) is 6.90. The highest BCUT2D eigenvalue weighted by Gasteiger charge is 2.27. The van der Waals surface area contributed by atoms with Crippen molar-refractivity contribution in [1.29, 1.82) is 0 Å². The Morgan fingerprint density at radius 1 is 1.37 bits per heavy atom. The lowest BCUT2D eigenvalue weighted by Gasteiger charge is -2.23. The molecule has 0 aliphatic carbocycles. The highest BCUT2D eigenvalue weighted by atomic mass is 35.5. The third-order valence-electron chi connectivity index (χ3n) is 5.04. The van der Waals surface area contributed by atoms with Crippen LogP contribution >= 0.6 is 11.6 Å². The average Bonchev–Trinajstić information content (AvgIpc) is 3.11. The minimum absolute atomic E-state index is 0.125. The average molecular weight is 389 g/mol. The summed E-state index contributed by atoms with van der Waals surface area (Å²) in [5.74, 6) is 0.776. The van der Waals surface area contributed by atoms with Gasteiger partial charge in [-0.3, -0.25) is 9.78 Å². The quantitative estimate of drug-likeness (QED) is 0.818. The van der Waals surface area contributed by atoms with Gasteiger partial charge in [0.15, 0.2) is 0 Å². The summed E-state index contributed by atoms with van der Waals surface area (Å²) in [6.07, 6.45) is 4.42. The number of aryl methyl sites for hydroxylation is 1. The Morgan fingerprint density at radius 2 is 2.15 bits per heavy atom. The summed E-state index contributed by atoms with van der Waals surface area (Å²) in [5.41, 5.74) is 2.88. The Balaban J connectivity index is 1.73. The molecule has 0 radical (unpaired) electrons. The van der Waals surface area contributed by atoms with Crippen LogP contribution in [0.1, 0.15) is 46.8 Å². The summed E-state index contributed by atoms with van der Waals surface area (Å²) >= 11 is 6.26. The number of hydrogen-bond donors (Lipinski definition) is 2. The lowest BCUT2D eigenvalue weighted by Crippen LogP contribution is -2.35. The molecule has 27 heavy (non-hydrogen) atoms. The van der Waals surface area contributed by atoms with Crippen molar-refractivity contribution in [1.82, 2.24) is 25.6 Å². The fourth-order valence-corrected chi connectivity index (χ4v) is 3.69. The fraction of sp³-hybridized carbons (Fsp3) is 0.474. The van der Waals surface area contributed by atoms with Gasteiger partial charge >= 0.3 is 0 Å². The topological polar surface area (TPSA) is 83.0 Å². The number of aromatic nitrogens is 3. The highest BCUT2D eigenvalue weighted by molar-refractivity contribution is 6.31. The van der Waals surface area contributed by atoms with Crippen LogP contribution in [0.15, 0.2) is 18.5 Å². The van der Waals surface area contributed by atoms with Gasteiger partial charge in [0.25, 0.3) is 5.91 Å². The van der Waals surface area contributed by atoms with Gasteiger partial charge in [-0.25, -0.2) is 9.97 Å². The van der Waals surface area contributed by atoms with Crippen molar-refractivity contribution >= 4 is 23.3 Å². The Hall–Kier alpha value is -2.25. The lowest BCUT2D eigenvalue weighted by atomic mass is 10.1. The van der Waals surface area contributed by atoms with Crippen LogP contribution in [-0.4, -0.2) is 47.0 Å². The van der Waals surface area contributed by atoms with Gasteiger partial charge in [0.2, 0.25) is 5.82 Å². The number of pyridine rings is 1. The number of carbonyl (C=O) groups is 1. The number of anilines is 1. The van der Waals surface area contributed by atoms with Gasteiger partial charge in [0, 0.05) is 55.9 Å². The number of amides is 1. The normalized spacial score (nSPS) is 17.8. The number of halogens is 1. The molecule has 2 N–H and O–H groups in total. The van der Waals surface area contributed by atoms with Crippen molar-refractivity contribution in [2.24, 2.45) is 0 Å². The van der Waals surface area contributed by atoms with Crippen LogP contribution in [0.2, 0.25) is 5.02 Å². The second kappa shape index (κ2) is 8.19. The summed E-state index contributed by atoms with van der Waals surface area (Å²) in [7, 11) is 1.59. The zero-order valence-electron chi connectivity index (χ0n) is 16.1. The molecule has 144 valence electrons. The van der Waals surface area contributed by atoms with Crippen LogP contribution in [0.5, 0.6) is 0 Å². The molecule has 7 nitrogen and oxygen atoms in total. The molecule has 1 amide bonds. The fourth-order valence-electron chi connectivity index (χ4n) is 3.40. The Kier molecular flexibility index (Phi) is 5.92. The van der Waals surface area contributed by atoms with Gasteiger partial charge in [-0.05, 0) is 38.8 Å². The number of carbonyl (C=O) groups excluding carboxylic acids is 1. The molecule has 0 aromatic carbocycles. The second-order valence-corrected chi connectivity index (χ2v) is 7.28. The third kappa shape index (κ3) is 4.20. The molecule has 8 heteroatoms. The van der Waals surface area contributed by atoms with Gasteiger partial charge in [-0.15, -0.1) is 0 Å². The highest BCUT2D eigenvalue weighted by Crippen LogP contribution is 2.26. The Labute approximate surface area is 164 Å². The number of nitrogens with one attached hydrogen (secondary N) is 2. The minimum Gasteiger partial charge on any atom is -0.355 e. The van der Waals surface area contributed by atoms with E-state index in [9.17, 15) is 4.79 Å². The Morgan fingerprint density at radius 3 is 2.85 bits per heavy atom. The van der Waals surface area contributed by atoms with E-state index < -0.39 is 0 Å². The molecule has 2 aromatic rings. The number of nitrogens with zero attached hydrogens (tertiary/aromatic N) is 4. The maximum atomic E-state index is 12.0. The van der Waals surface area contributed by atoms with E-state index in [1.54, 1.807) is 19.4 Å². The van der Waals surface area contributed by atoms with E-state index in [1.807, 2.05) is 19.9 Å². The molecule has 1 fully saturated rings. The molecular weight excluding hydrogens is 364 g/mol. The summed E-state index contributed by atoms with van der Waals surface area (Å²) in [6.45, 7) is 7.70. The minimum atomic E-state index is -0.269. The van der Waals surface area contributed by atoms with Crippen molar-refractivity contribution in [3.05, 3.63) is 46.1 Å². The molecule has 0 spiro atoms. The van der Waals surface area contributed by atoms with E-state index in [0.717, 1.165) is 42.1 Å². The van der Waals surface area contributed by atoms with Crippen molar-refractivity contribution in [2.75, 3.05) is 25.0 Å². The first kappa shape index (κ1) is 19.5. The van der Waals surface area contributed by atoms with Gasteiger partial charge in [-0.2, -0.15) is 0 Å². The molecular formula is C19H25ClN6O. The molecule has 2 atom stereocenters. The molecule has 1 aliphatic heterocycles. The maximum absolute atomic E-state index is 12.0. The van der Waals surface area contributed by atoms with Crippen molar-refractivity contribution in [2.45, 2.75) is 39.3 Å². The van der Waals surface area contributed by atoms with Crippen LogP contribution in [-0.2, 0) is 0 Å². The smallest absolute Gasteiger partial charge is 0.288 e. The predicted octanol–water partition coefficient (Wildman–Crippen LogP) is 2.43. The SMILES string of the molecule is CNC(=O)c1nc(C)c(C)c(N2CC[C@@H](NC(C)c3ccncc3Cl)C2)n1. The Bertz CT molecular complexity index is 843. The molecule has 2 aromatic heterocycles. The molecule has 1 unspecified atom stereocenters. The predicted molar refractivity (Wildman–Crippen MR) is 106 cm³/mol. The van der Waals surface area contributed by atoms with Crippen LogP contribution in [0, 0.1) is 13.8 Å². The van der Waals surface area contributed by atoms with Crippen molar-refractivity contribution in [3.63, 3.8) is 0 Å².